The topological polar surface area (TPSA) is 166 Å². The first kappa shape index (κ1) is 22.0. The Bertz CT molecular complexity index is 1180. The van der Waals surface area contributed by atoms with E-state index in [9.17, 15) is 24.6 Å². The fourth-order valence-corrected chi connectivity index (χ4v) is 3.45. The van der Waals surface area contributed by atoms with E-state index in [1.165, 1.54) is 6.07 Å². The number of carbonyl (C=O) groups is 3. The van der Waals surface area contributed by atoms with E-state index in [-0.39, 0.29) is 22.9 Å². The molecular formula is C20H19ClN4O6. The Hall–Kier alpha value is -3.66. The molecule has 1 aromatic carbocycles. The predicted molar refractivity (Wildman–Crippen MR) is 110 cm³/mol. The van der Waals surface area contributed by atoms with Gasteiger partial charge in [-0.15, -0.1) is 0 Å². The van der Waals surface area contributed by atoms with Crippen molar-refractivity contribution < 1.29 is 29.7 Å². The number of benzene rings is 1. The van der Waals surface area contributed by atoms with E-state index in [4.69, 9.17) is 16.7 Å². The lowest BCUT2D eigenvalue weighted by Gasteiger charge is -2.14. The molecule has 3 aromatic rings. The van der Waals surface area contributed by atoms with Gasteiger partial charge in [-0.1, -0.05) is 17.7 Å². The zero-order chi connectivity index (χ0) is 22.7. The predicted octanol–water partition coefficient (Wildman–Crippen LogP) is 2.26. The normalized spacial score (nSPS) is 11.9. The fraction of sp³-hybridized carbons (Fsp3) is 0.250. The summed E-state index contributed by atoms with van der Waals surface area (Å²) >= 11 is 6.24. The number of aryl methyl sites for hydroxylation is 1. The number of aliphatic carboxylic acids is 2. The fourth-order valence-electron chi connectivity index (χ4n) is 3.16. The molecule has 11 heteroatoms. The third-order valence-corrected chi connectivity index (χ3v) is 4.94. The number of hydrogen-bond donors (Lipinski definition) is 5. The Morgan fingerprint density at radius 3 is 2.61 bits per heavy atom. The third kappa shape index (κ3) is 5.10. The van der Waals surface area contributed by atoms with Crippen LogP contribution in [-0.4, -0.2) is 54.2 Å². The molecule has 2 heterocycles. The van der Waals surface area contributed by atoms with Crippen LogP contribution in [0.2, 0.25) is 5.02 Å². The molecule has 3 rings (SSSR count). The Kier molecular flexibility index (Phi) is 6.40. The van der Waals surface area contributed by atoms with Crippen molar-refractivity contribution in [1.29, 1.82) is 0 Å². The number of rotatable bonds is 8. The number of H-pyrrole nitrogens is 1. The van der Waals surface area contributed by atoms with Crippen LogP contribution in [0.3, 0.4) is 0 Å². The van der Waals surface area contributed by atoms with Crippen LogP contribution in [0, 0.1) is 6.92 Å². The van der Waals surface area contributed by atoms with Crippen LogP contribution in [-0.2, 0) is 16.0 Å². The molecule has 0 aliphatic carbocycles. The van der Waals surface area contributed by atoms with Gasteiger partial charge in [0.1, 0.15) is 17.5 Å². The van der Waals surface area contributed by atoms with Gasteiger partial charge in [0.15, 0.2) is 0 Å². The second kappa shape index (κ2) is 9.00. The highest BCUT2D eigenvalue weighted by molar-refractivity contribution is 6.34. The molecule has 162 valence electrons. The maximum absolute atomic E-state index is 12.4. The van der Waals surface area contributed by atoms with Gasteiger partial charge in [0, 0.05) is 12.6 Å². The molecule has 0 saturated carbocycles. The molecule has 0 saturated heterocycles. The minimum absolute atomic E-state index is 0.0627. The molecule has 0 radical (unpaired) electrons. The summed E-state index contributed by atoms with van der Waals surface area (Å²) in [5, 5.41) is 30.9. The molecule has 1 amide bonds. The first-order valence-corrected chi connectivity index (χ1v) is 9.61. The summed E-state index contributed by atoms with van der Waals surface area (Å²) in [6.07, 6.45) is 1.42. The zero-order valence-electron chi connectivity index (χ0n) is 16.3. The molecule has 0 aliphatic rings. The summed E-state index contributed by atoms with van der Waals surface area (Å²) in [6, 6.07) is 3.32. The van der Waals surface area contributed by atoms with E-state index in [2.05, 4.69) is 20.3 Å². The Morgan fingerprint density at radius 2 is 1.97 bits per heavy atom. The van der Waals surface area contributed by atoms with E-state index < -0.39 is 30.3 Å². The van der Waals surface area contributed by atoms with E-state index >= 15 is 0 Å². The van der Waals surface area contributed by atoms with Crippen molar-refractivity contribution in [3.63, 3.8) is 0 Å². The number of fused-ring (bicyclic) bond motifs is 1. The van der Waals surface area contributed by atoms with E-state index in [1.54, 1.807) is 25.3 Å². The minimum atomic E-state index is -1.35. The van der Waals surface area contributed by atoms with Crippen LogP contribution in [0.15, 0.2) is 24.4 Å². The summed E-state index contributed by atoms with van der Waals surface area (Å²) in [7, 11) is 0. The quantitative estimate of drug-likeness (QED) is 0.351. The second-order valence-electron chi connectivity index (χ2n) is 6.92. The number of aromatic nitrogens is 3. The molecule has 31 heavy (non-hydrogen) atoms. The van der Waals surface area contributed by atoms with Gasteiger partial charge in [-0.25, -0.2) is 9.78 Å². The lowest BCUT2D eigenvalue weighted by atomic mass is 10.0. The van der Waals surface area contributed by atoms with Gasteiger partial charge in [0.2, 0.25) is 5.88 Å². The zero-order valence-corrected chi connectivity index (χ0v) is 17.1. The lowest BCUT2D eigenvalue weighted by Crippen LogP contribution is -2.41. The van der Waals surface area contributed by atoms with Crippen molar-refractivity contribution in [3.8, 4) is 5.88 Å². The maximum atomic E-state index is 12.4. The molecule has 5 N–H and O–H groups in total. The molecule has 0 spiro atoms. The van der Waals surface area contributed by atoms with Crippen molar-refractivity contribution in [2.24, 2.45) is 0 Å². The standard InChI is InChI=1S/C20H19ClN4O6/c1-9-23-17-16(19(29)24-9)11(8-22-17)6-10-2-3-12(13(21)7-10)18(28)25-14(20(30)31)4-5-15(26)27/h2-3,7-8,14H,4-6H2,1H3,(H,25,28)(H,26,27)(H,30,31)(H2,22,23,24,29)/t14-/m0/s1. The number of nitrogens with zero attached hydrogens (tertiary/aromatic N) is 2. The maximum Gasteiger partial charge on any atom is 0.326 e. The number of aromatic hydroxyl groups is 1. The van der Waals surface area contributed by atoms with E-state index in [1.807, 2.05) is 0 Å². The third-order valence-electron chi connectivity index (χ3n) is 4.63. The Balaban J connectivity index is 1.78. The Morgan fingerprint density at radius 1 is 1.23 bits per heavy atom. The van der Waals surface area contributed by atoms with Crippen molar-refractivity contribution >= 4 is 40.5 Å². The van der Waals surface area contributed by atoms with Crippen molar-refractivity contribution in [2.75, 3.05) is 0 Å². The SMILES string of the molecule is Cc1nc(O)c2c(Cc3ccc(C(=O)N[C@@H](CCC(=O)O)C(=O)O)c(Cl)c3)c[nH]c2n1. The highest BCUT2D eigenvalue weighted by Crippen LogP contribution is 2.28. The molecule has 0 unspecified atom stereocenters. The highest BCUT2D eigenvalue weighted by Gasteiger charge is 2.23. The number of halogens is 1. The van der Waals surface area contributed by atoms with Crippen molar-refractivity contribution in [3.05, 3.63) is 51.9 Å². The smallest absolute Gasteiger partial charge is 0.326 e. The first-order valence-electron chi connectivity index (χ1n) is 9.23. The van der Waals surface area contributed by atoms with Crippen molar-refractivity contribution in [1.82, 2.24) is 20.3 Å². The number of aromatic amines is 1. The largest absolute Gasteiger partial charge is 0.493 e. The summed E-state index contributed by atoms with van der Waals surface area (Å²) in [5.74, 6) is -2.92. The average molecular weight is 447 g/mol. The number of carboxylic acid groups (broad SMARTS) is 2. The molecule has 10 nitrogen and oxygen atoms in total. The molecule has 1 atom stereocenters. The first-order chi connectivity index (χ1) is 14.7. The lowest BCUT2D eigenvalue weighted by molar-refractivity contribution is -0.140. The molecule has 0 aliphatic heterocycles. The number of nitrogens with one attached hydrogen (secondary N) is 2. The highest BCUT2D eigenvalue weighted by atomic mass is 35.5. The van der Waals surface area contributed by atoms with Gasteiger partial charge < -0.3 is 25.6 Å². The molecule has 2 aromatic heterocycles. The summed E-state index contributed by atoms with van der Waals surface area (Å²) in [4.78, 5) is 45.6. The van der Waals surface area contributed by atoms with Crippen LogP contribution in [0.5, 0.6) is 5.88 Å². The van der Waals surface area contributed by atoms with Crippen LogP contribution in [0.4, 0.5) is 0 Å². The van der Waals surface area contributed by atoms with Crippen LogP contribution in [0.1, 0.15) is 40.2 Å². The summed E-state index contributed by atoms with van der Waals surface area (Å²) < 4.78 is 0. The number of carboxylic acids is 2. The average Bonchev–Trinajstić information content (AvgIpc) is 3.07. The van der Waals surface area contributed by atoms with Gasteiger partial charge in [0.05, 0.1) is 16.0 Å². The number of carbonyl (C=O) groups excluding carboxylic acids is 1. The summed E-state index contributed by atoms with van der Waals surface area (Å²) in [6.45, 7) is 1.67. The van der Waals surface area contributed by atoms with Crippen LogP contribution >= 0.6 is 11.6 Å². The van der Waals surface area contributed by atoms with Gasteiger partial charge in [-0.2, -0.15) is 4.98 Å². The van der Waals surface area contributed by atoms with E-state index in [0.29, 0.717) is 23.3 Å². The number of hydrogen-bond acceptors (Lipinski definition) is 6. The van der Waals surface area contributed by atoms with Gasteiger partial charge in [0.25, 0.3) is 5.91 Å². The van der Waals surface area contributed by atoms with Gasteiger partial charge in [-0.3, -0.25) is 9.59 Å². The monoisotopic (exact) mass is 446 g/mol. The molecule has 0 fully saturated rings. The van der Waals surface area contributed by atoms with Gasteiger partial charge >= 0.3 is 11.9 Å². The van der Waals surface area contributed by atoms with Crippen molar-refractivity contribution in [2.45, 2.75) is 32.2 Å². The minimum Gasteiger partial charge on any atom is -0.493 e. The van der Waals surface area contributed by atoms with E-state index in [0.717, 1.165) is 11.1 Å². The van der Waals surface area contributed by atoms with Crippen LogP contribution < -0.4 is 5.32 Å². The summed E-state index contributed by atoms with van der Waals surface area (Å²) in [5.41, 5.74) is 2.04. The number of amides is 1. The van der Waals surface area contributed by atoms with Gasteiger partial charge in [-0.05, 0) is 43.0 Å². The molecular weight excluding hydrogens is 428 g/mol. The second-order valence-corrected chi connectivity index (χ2v) is 7.33. The Labute approximate surface area is 180 Å². The van der Waals surface area contributed by atoms with Crippen LogP contribution in [0.25, 0.3) is 11.0 Å². The molecule has 0 bridgehead atoms.